The Morgan fingerprint density at radius 2 is 1.79 bits per heavy atom. The van der Waals surface area contributed by atoms with Gasteiger partial charge < -0.3 is 4.74 Å². The molecule has 6 nitrogen and oxygen atoms in total. The van der Waals surface area contributed by atoms with Gasteiger partial charge in [-0.2, -0.15) is 5.26 Å². The Hall–Kier alpha value is -2.85. The molecule has 0 saturated carbocycles. The third-order valence-corrected chi connectivity index (χ3v) is 4.47. The first kappa shape index (κ1) is 16.0. The minimum absolute atomic E-state index is 0.604. The second-order valence-electron chi connectivity index (χ2n) is 5.06. The molecule has 24 heavy (non-hydrogen) atoms. The molecule has 2 aromatic carbocycles. The molecular weight excluding hydrogens is 322 g/mol. The molecule has 1 heterocycles. The molecule has 3 rings (SSSR count). The number of benzene rings is 2. The summed E-state index contributed by atoms with van der Waals surface area (Å²) in [7, 11) is 1.65. The summed E-state index contributed by atoms with van der Waals surface area (Å²) < 4.78 is 6.93. The zero-order valence-electron chi connectivity index (χ0n) is 13.1. The molecule has 3 aromatic rings. The van der Waals surface area contributed by atoms with Crippen LogP contribution >= 0.6 is 11.8 Å². The van der Waals surface area contributed by atoms with Crippen LogP contribution in [0.2, 0.25) is 0 Å². The van der Waals surface area contributed by atoms with Gasteiger partial charge in [0.05, 0.1) is 25.3 Å². The summed E-state index contributed by atoms with van der Waals surface area (Å²) in [4.78, 5) is 0. The Morgan fingerprint density at radius 1 is 1.08 bits per heavy atom. The van der Waals surface area contributed by atoms with Crippen LogP contribution in [-0.4, -0.2) is 27.3 Å². The zero-order valence-corrected chi connectivity index (χ0v) is 13.9. The van der Waals surface area contributed by atoms with Crippen molar-refractivity contribution < 1.29 is 4.74 Å². The first-order chi connectivity index (χ1) is 11.8. The van der Waals surface area contributed by atoms with Crippen molar-refractivity contribution in [2.75, 3.05) is 7.11 Å². The monoisotopic (exact) mass is 337 g/mol. The summed E-state index contributed by atoms with van der Waals surface area (Å²) in [6, 6.07) is 17.5. The largest absolute Gasteiger partial charge is 0.497 e. The van der Waals surface area contributed by atoms with E-state index in [9.17, 15) is 0 Å². The van der Waals surface area contributed by atoms with Gasteiger partial charge in [0.1, 0.15) is 5.75 Å². The Morgan fingerprint density at radius 3 is 2.46 bits per heavy atom. The van der Waals surface area contributed by atoms with Crippen molar-refractivity contribution in [3.63, 3.8) is 0 Å². The van der Waals surface area contributed by atoms with Crippen LogP contribution in [0.5, 0.6) is 5.75 Å². The van der Waals surface area contributed by atoms with Gasteiger partial charge in [-0.05, 0) is 45.8 Å². The number of nitrogens with zero attached hydrogens (tertiary/aromatic N) is 5. The van der Waals surface area contributed by atoms with E-state index >= 15 is 0 Å². The molecular formula is C17H15N5OS. The molecule has 120 valence electrons. The molecule has 0 saturated heterocycles. The normalized spacial score (nSPS) is 10.3. The molecule has 0 radical (unpaired) electrons. The molecule has 0 fully saturated rings. The fourth-order valence-corrected chi connectivity index (χ4v) is 2.96. The van der Waals surface area contributed by atoms with E-state index < -0.39 is 0 Å². The highest BCUT2D eigenvalue weighted by atomic mass is 32.2. The van der Waals surface area contributed by atoms with Crippen molar-refractivity contribution in [2.24, 2.45) is 0 Å². The number of nitriles is 1. The molecule has 0 amide bonds. The van der Waals surface area contributed by atoms with E-state index in [1.807, 2.05) is 48.5 Å². The molecule has 0 aliphatic carbocycles. The molecule has 0 N–H and O–H groups in total. The maximum absolute atomic E-state index is 8.83. The number of methoxy groups -OCH3 is 1. The summed E-state index contributed by atoms with van der Waals surface area (Å²) in [5.41, 5.74) is 2.88. The summed E-state index contributed by atoms with van der Waals surface area (Å²) in [6.45, 7) is 0.604. The number of thioether (sulfide) groups is 1. The Balaban J connectivity index is 1.64. The van der Waals surface area contributed by atoms with E-state index in [-0.39, 0.29) is 0 Å². The van der Waals surface area contributed by atoms with E-state index in [0.29, 0.717) is 12.1 Å². The van der Waals surface area contributed by atoms with E-state index in [1.165, 1.54) is 0 Å². The highest BCUT2D eigenvalue weighted by Crippen LogP contribution is 2.21. The van der Waals surface area contributed by atoms with Gasteiger partial charge in [0.15, 0.2) is 0 Å². The van der Waals surface area contributed by atoms with Gasteiger partial charge in [0.2, 0.25) is 5.16 Å². The number of rotatable bonds is 6. The van der Waals surface area contributed by atoms with E-state index in [2.05, 4.69) is 21.6 Å². The molecule has 0 aliphatic rings. The lowest BCUT2D eigenvalue weighted by molar-refractivity contribution is 0.414. The first-order valence-electron chi connectivity index (χ1n) is 7.29. The number of hydrogen-bond donors (Lipinski definition) is 0. The molecule has 0 unspecified atom stereocenters. The first-order valence-corrected chi connectivity index (χ1v) is 8.28. The van der Waals surface area contributed by atoms with Crippen molar-refractivity contribution in [3.05, 3.63) is 65.2 Å². The minimum atomic E-state index is 0.604. The maximum atomic E-state index is 8.83. The minimum Gasteiger partial charge on any atom is -0.497 e. The third kappa shape index (κ3) is 3.91. The lowest BCUT2D eigenvalue weighted by Gasteiger charge is -2.06. The predicted octanol–water partition coefficient (Wildman–Crippen LogP) is 2.89. The standard InChI is InChI=1S/C17H15N5OS/c1-23-16-8-6-14(7-9-16)11-22-17(19-20-21-22)24-12-15-4-2-13(10-18)3-5-15/h2-9H,11-12H2,1H3. The smallest absolute Gasteiger partial charge is 0.209 e. The van der Waals surface area contributed by atoms with E-state index in [0.717, 1.165) is 27.8 Å². The molecule has 0 bridgehead atoms. The second kappa shape index (κ2) is 7.62. The van der Waals surface area contributed by atoms with Crippen molar-refractivity contribution in [1.82, 2.24) is 20.2 Å². The van der Waals surface area contributed by atoms with Crippen LogP contribution in [0.4, 0.5) is 0 Å². The topological polar surface area (TPSA) is 76.6 Å². The third-order valence-electron chi connectivity index (χ3n) is 3.44. The van der Waals surface area contributed by atoms with Crippen LogP contribution in [0.1, 0.15) is 16.7 Å². The fraction of sp³-hybridized carbons (Fsp3) is 0.176. The van der Waals surface area contributed by atoms with Crippen LogP contribution < -0.4 is 4.74 Å². The van der Waals surface area contributed by atoms with Gasteiger partial charge in [0.25, 0.3) is 0 Å². The second-order valence-corrected chi connectivity index (χ2v) is 6.01. The van der Waals surface area contributed by atoms with Gasteiger partial charge in [-0.15, -0.1) is 5.10 Å². The summed E-state index contributed by atoms with van der Waals surface area (Å²) >= 11 is 1.57. The van der Waals surface area contributed by atoms with Gasteiger partial charge in [0, 0.05) is 5.75 Å². The van der Waals surface area contributed by atoms with Gasteiger partial charge in [-0.3, -0.25) is 0 Å². The average molecular weight is 337 g/mol. The van der Waals surface area contributed by atoms with Crippen LogP contribution in [0.3, 0.4) is 0 Å². The highest BCUT2D eigenvalue weighted by molar-refractivity contribution is 7.98. The Labute approximate surface area is 144 Å². The summed E-state index contributed by atoms with van der Waals surface area (Å²) in [5.74, 6) is 1.57. The van der Waals surface area contributed by atoms with Crippen LogP contribution in [-0.2, 0) is 12.3 Å². The highest BCUT2D eigenvalue weighted by Gasteiger charge is 2.08. The fourth-order valence-electron chi connectivity index (χ4n) is 2.13. The summed E-state index contributed by atoms with van der Waals surface area (Å²) in [5, 5.41) is 21.5. The molecule has 0 spiro atoms. The zero-order chi connectivity index (χ0) is 16.8. The number of tetrazole rings is 1. The van der Waals surface area contributed by atoms with Crippen LogP contribution in [0.15, 0.2) is 53.7 Å². The van der Waals surface area contributed by atoms with Gasteiger partial charge >= 0.3 is 0 Å². The van der Waals surface area contributed by atoms with Crippen LogP contribution in [0, 0.1) is 11.3 Å². The number of hydrogen-bond acceptors (Lipinski definition) is 6. The van der Waals surface area contributed by atoms with E-state index in [4.69, 9.17) is 10.00 Å². The van der Waals surface area contributed by atoms with Crippen molar-refractivity contribution >= 4 is 11.8 Å². The lowest BCUT2D eigenvalue weighted by atomic mass is 10.2. The number of aromatic nitrogens is 4. The van der Waals surface area contributed by atoms with Crippen LogP contribution in [0.25, 0.3) is 0 Å². The maximum Gasteiger partial charge on any atom is 0.209 e. The van der Waals surface area contributed by atoms with Crippen molar-refractivity contribution in [2.45, 2.75) is 17.5 Å². The molecule has 0 aliphatic heterocycles. The quantitative estimate of drug-likeness (QED) is 0.644. The van der Waals surface area contributed by atoms with Crippen molar-refractivity contribution in [3.8, 4) is 11.8 Å². The Kier molecular flexibility index (Phi) is 5.08. The molecule has 0 atom stereocenters. The lowest BCUT2D eigenvalue weighted by Crippen LogP contribution is -2.04. The number of ether oxygens (including phenoxy) is 1. The average Bonchev–Trinajstić information content (AvgIpc) is 3.08. The SMILES string of the molecule is COc1ccc(Cn2nnnc2SCc2ccc(C#N)cc2)cc1. The molecule has 1 aromatic heterocycles. The molecule has 7 heteroatoms. The van der Waals surface area contributed by atoms with Gasteiger partial charge in [-0.25, -0.2) is 4.68 Å². The predicted molar refractivity (Wildman–Crippen MR) is 90.6 cm³/mol. The van der Waals surface area contributed by atoms with E-state index in [1.54, 1.807) is 23.6 Å². The summed E-state index contributed by atoms with van der Waals surface area (Å²) in [6.07, 6.45) is 0. The van der Waals surface area contributed by atoms with Crippen molar-refractivity contribution in [1.29, 1.82) is 5.26 Å². The Bertz CT molecular complexity index is 837. The van der Waals surface area contributed by atoms with Gasteiger partial charge in [-0.1, -0.05) is 36.0 Å².